The molecule has 0 saturated carbocycles. The van der Waals surface area contributed by atoms with Gasteiger partial charge in [0.05, 0.1) is 22.4 Å². The fourth-order valence-electron chi connectivity index (χ4n) is 3.68. The molecule has 0 aromatic heterocycles. The van der Waals surface area contributed by atoms with Crippen molar-refractivity contribution in [2.24, 2.45) is 5.41 Å². The normalized spacial score (nSPS) is 23.7. The van der Waals surface area contributed by atoms with E-state index in [1.807, 2.05) is 44.2 Å². The largest absolute Gasteiger partial charge is 0.243 e. The summed E-state index contributed by atoms with van der Waals surface area (Å²) in [6.45, 7) is 8.04. The highest BCUT2D eigenvalue weighted by Crippen LogP contribution is 2.53. The molecule has 2 aromatic rings. The van der Waals surface area contributed by atoms with Gasteiger partial charge in [0, 0.05) is 6.54 Å². The Morgan fingerprint density at radius 2 is 1.81 bits per heavy atom. The molecule has 5 heteroatoms. The highest BCUT2D eigenvalue weighted by molar-refractivity contribution is 7.89. The van der Waals surface area contributed by atoms with Gasteiger partial charge in [-0.15, -0.1) is 0 Å². The lowest BCUT2D eigenvalue weighted by molar-refractivity contribution is 0.289. The van der Waals surface area contributed by atoms with Crippen molar-refractivity contribution in [2.75, 3.05) is 6.54 Å². The van der Waals surface area contributed by atoms with E-state index in [0.717, 1.165) is 11.1 Å². The van der Waals surface area contributed by atoms with Gasteiger partial charge in [-0.3, -0.25) is 0 Å². The van der Waals surface area contributed by atoms with Crippen LogP contribution < -0.4 is 0 Å². The number of rotatable bonds is 4. The molecular formula is C21H22N2O2S. The zero-order valence-electron chi connectivity index (χ0n) is 15.0. The lowest BCUT2D eigenvalue weighted by atomic mass is 9.74. The van der Waals surface area contributed by atoms with Crippen LogP contribution >= 0.6 is 0 Å². The SMILES string of the molecule is C=C1CN(S(=O)(=O)c2ccc(C)cc2)[C@@H](c2ccccc2)[C@]1(C#N)CC. The lowest BCUT2D eigenvalue weighted by Gasteiger charge is -2.32. The summed E-state index contributed by atoms with van der Waals surface area (Å²) in [5.41, 5.74) is 1.52. The molecule has 4 nitrogen and oxygen atoms in total. The molecule has 1 aliphatic rings. The van der Waals surface area contributed by atoms with E-state index in [0.29, 0.717) is 12.0 Å². The molecule has 0 radical (unpaired) electrons. The van der Waals surface area contributed by atoms with Crippen LogP contribution in [-0.2, 0) is 10.0 Å². The van der Waals surface area contributed by atoms with Crippen LogP contribution in [-0.4, -0.2) is 19.3 Å². The first kappa shape index (κ1) is 18.4. The quantitative estimate of drug-likeness (QED) is 0.761. The predicted molar refractivity (Wildman–Crippen MR) is 102 cm³/mol. The van der Waals surface area contributed by atoms with Crippen LogP contribution in [0, 0.1) is 23.7 Å². The number of benzene rings is 2. The minimum absolute atomic E-state index is 0.150. The van der Waals surface area contributed by atoms with Gasteiger partial charge < -0.3 is 0 Å². The molecule has 1 fully saturated rings. The predicted octanol–water partition coefficient (Wildman–Crippen LogP) is 4.22. The second-order valence-electron chi connectivity index (χ2n) is 6.72. The van der Waals surface area contributed by atoms with Crippen molar-refractivity contribution in [3.8, 4) is 6.07 Å². The Balaban J connectivity index is 2.18. The Kier molecular flexibility index (Phi) is 4.74. The van der Waals surface area contributed by atoms with Crippen LogP contribution in [0.25, 0.3) is 0 Å². The summed E-state index contributed by atoms with van der Waals surface area (Å²) in [7, 11) is -3.76. The van der Waals surface area contributed by atoms with E-state index in [1.165, 1.54) is 4.31 Å². The van der Waals surface area contributed by atoms with Crippen molar-refractivity contribution >= 4 is 10.0 Å². The maximum absolute atomic E-state index is 13.4. The molecule has 2 atom stereocenters. The Bertz CT molecular complexity index is 959. The maximum Gasteiger partial charge on any atom is 0.243 e. The van der Waals surface area contributed by atoms with Gasteiger partial charge in [-0.05, 0) is 36.6 Å². The highest BCUT2D eigenvalue weighted by atomic mass is 32.2. The molecule has 1 saturated heterocycles. The number of hydrogen-bond acceptors (Lipinski definition) is 3. The zero-order valence-corrected chi connectivity index (χ0v) is 15.8. The van der Waals surface area contributed by atoms with Crippen molar-refractivity contribution in [2.45, 2.75) is 31.2 Å². The van der Waals surface area contributed by atoms with Gasteiger partial charge in [-0.1, -0.05) is 61.5 Å². The van der Waals surface area contributed by atoms with Gasteiger partial charge in [0.25, 0.3) is 0 Å². The second kappa shape index (κ2) is 6.71. The smallest absolute Gasteiger partial charge is 0.207 e. The van der Waals surface area contributed by atoms with Crippen LogP contribution in [0.4, 0.5) is 0 Å². The van der Waals surface area contributed by atoms with Gasteiger partial charge in [-0.2, -0.15) is 9.57 Å². The molecule has 0 aliphatic carbocycles. The van der Waals surface area contributed by atoms with E-state index in [2.05, 4.69) is 12.6 Å². The molecule has 0 bridgehead atoms. The molecular weight excluding hydrogens is 344 g/mol. The third-order valence-electron chi connectivity index (χ3n) is 5.23. The number of sulfonamides is 1. The molecule has 0 spiro atoms. The van der Waals surface area contributed by atoms with Crippen molar-refractivity contribution < 1.29 is 8.42 Å². The summed E-state index contributed by atoms with van der Waals surface area (Å²) in [4.78, 5) is 0.238. The first-order chi connectivity index (χ1) is 12.4. The summed E-state index contributed by atoms with van der Waals surface area (Å²) < 4.78 is 28.2. The summed E-state index contributed by atoms with van der Waals surface area (Å²) in [6, 6.07) is 18.0. The van der Waals surface area contributed by atoms with Crippen LogP contribution in [0.15, 0.2) is 71.6 Å². The molecule has 1 heterocycles. The topological polar surface area (TPSA) is 61.2 Å². The molecule has 2 aromatic carbocycles. The average Bonchev–Trinajstić information content (AvgIpc) is 2.96. The first-order valence-corrected chi connectivity index (χ1v) is 10.0. The summed E-state index contributed by atoms with van der Waals surface area (Å²) in [5, 5.41) is 9.98. The summed E-state index contributed by atoms with van der Waals surface area (Å²) in [5.74, 6) is 0. The summed E-state index contributed by atoms with van der Waals surface area (Å²) >= 11 is 0. The molecule has 26 heavy (non-hydrogen) atoms. The van der Waals surface area contributed by atoms with Gasteiger partial charge in [0.15, 0.2) is 0 Å². The lowest BCUT2D eigenvalue weighted by Crippen LogP contribution is -2.35. The Morgan fingerprint density at radius 3 is 2.35 bits per heavy atom. The van der Waals surface area contributed by atoms with Crippen molar-refractivity contribution in [1.82, 2.24) is 4.31 Å². The van der Waals surface area contributed by atoms with Crippen molar-refractivity contribution in [3.63, 3.8) is 0 Å². The fraction of sp³-hybridized carbons (Fsp3) is 0.286. The molecule has 134 valence electrons. The van der Waals surface area contributed by atoms with E-state index >= 15 is 0 Å². The van der Waals surface area contributed by atoms with Crippen LogP contribution in [0.1, 0.15) is 30.5 Å². The standard InChI is InChI=1S/C21H22N2O2S/c1-4-21(15-22)17(3)14-23(20(21)18-8-6-5-7-9-18)26(24,25)19-12-10-16(2)11-13-19/h5-13,20H,3-4,14H2,1-2H3/t20-,21-/m0/s1. The fourth-order valence-corrected chi connectivity index (χ4v) is 5.33. The van der Waals surface area contributed by atoms with Gasteiger partial charge in [-0.25, -0.2) is 8.42 Å². The maximum atomic E-state index is 13.4. The minimum Gasteiger partial charge on any atom is -0.207 e. The van der Waals surface area contributed by atoms with E-state index in [9.17, 15) is 13.7 Å². The third kappa shape index (κ3) is 2.76. The third-order valence-corrected chi connectivity index (χ3v) is 7.06. The van der Waals surface area contributed by atoms with E-state index in [4.69, 9.17) is 0 Å². The van der Waals surface area contributed by atoms with Crippen molar-refractivity contribution in [1.29, 1.82) is 5.26 Å². The second-order valence-corrected chi connectivity index (χ2v) is 8.61. The van der Waals surface area contributed by atoms with Crippen molar-refractivity contribution in [3.05, 3.63) is 77.9 Å². The van der Waals surface area contributed by atoms with Gasteiger partial charge in [0.1, 0.15) is 0 Å². The molecule has 0 unspecified atom stereocenters. The van der Waals surface area contributed by atoms with Crippen LogP contribution in [0.5, 0.6) is 0 Å². The number of nitrogens with zero attached hydrogens (tertiary/aromatic N) is 2. The Hall–Kier alpha value is -2.42. The molecule has 3 rings (SSSR count). The monoisotopic (exact) mass is 366 g/mol. The number of aryl methyl sites for hydroxylation is 1. The van der Waals surface area contributed by atoms with E-state index < -0.39 is 21.5 Å². The molecule has 1 aliphatic heterocycles. The Labute approximate surface area is 155 Å². The summed E-state index contributed by atoms with van der Waals surface area (Å²) in [6.07, 6.45) is 0.502. The highest BCUT2D eigenvalue weighted by Gasteiger charge is 2.54. The zero-order chi connectivity index (χ0) is 18.9. The first-order valence-electron chi connectivity index (χ1n) is 8.60. The Morgan fingerprint density at radius 1 is 1.19 bits per heavy atom. The number of nitriles is 1. The molecule has 0 N–H and O–H groups in total. The van der Waals surface area contributed by atoms with Crippen LogP contribution in [0.2, 0.25) is 0 Å². The minimum atomic E-state index is -3.76. The van der Waals surface area contributed by atoms with Gasteiger partial charge >= 0.3 is 0 Å². The van der Waals surface area contributed by atoms with E-state index in [1.54, 1.807) is 24.3 Å². The average molecular weight is 366 g/mol. The van der Waals surface area contributed by atoms with E-state index in [-0.39, 0.29) is 11.4 Å². The number of hydrogen-bond donors (Lipinski definition) is 0. The van der Waals surface area contributed by atoms with Gasteiger partial charge in [0.2, 0.25) is 10.0 Å². The van der Waals surface area contributed by atoms with Crippen LogP contribution in [0.3, 0.4) is 0 Å². The molecule has 0 amide bonds.